The molecular weight excluding hydrogens is 293 g/mol. The van der Waals surface area contributed by atoms with Gasteiger partial charge in [0.1, 0.15) is 23.0 Å². The van der Waals surface area contributed by atoms with Crippen LogP contribution >= 0.6 is 0 Å². The Morgan fingerprint density at radius 2 is 2.00 bits per heavy atom. The molecule has 23 heavy (non-hydrogen) atoms. The van der Waals surface area contributed by atoms with Crippen molar-refractivity contribution in [2.45, 2.75) is 19.8 Å². The van der Waals surface area contributed by atoms with Crippen LogP contribution < -0.4 is 5.32 Å². The van der Waals surface area contributed by atoms with Gasteiger partial charge < -0.3 is 5.32 Å². The Morgan fingerprint density at radius 3 is 2.70 bits per heavy atom. The molecule has 4 rings (SSSR count). The normalized spacial score (nSPS) is 14.2. The fraction of sp³-hybridized carbons (Fsp3) is 0.222. The van der Waals surface area contributed by atoms with Crippen LogP contribution in [0, 0.1) is 18.7 Å². The van der Waals surface area contributed by atoms with E-state index < -0.39 is 0 Å². The maximum atomic E-state index is 13.2. The van der Waals surface area contributed by atoms with Crippen molar-refractivity contribution in [3.05, 3.63) is 54.0 Å². The number of halogens is 1. The number of amides is 1. The zero-order chi connectivity index (χ0) is 16.0. The number of nitrogens with one attached hydrogen (secondary N) is 1. The molecule has 1 amide bonds. The van der Waals surface area contributed by atoms with E-state index in [1.807, 2.05) is 29.7 Å². The number of anilines is 1. The molecule has 0 spiro atoms. The van der Waals surface area contributed by atoms with Crippen LogP contribution in [0.2, 0.25) is 0 Å². The van der Waals surface area contributed by atoms with E-state index in [1.54, 1.807) is 12.1 Å². The van der Waals surface area contributed by atoms with Gasteiger partial charge in [-0.3, -0.25) is 9.20 Å². The number of rotatable bonds is 3. The molecule has 116 valence electrons. The molecule has 0 atom stereocenters. The minimum Gasteiger partial charge on any atom is -0.310 e. The predicted molar refractivity (Wildman–Crippen MR) is 86.7 cm³/mol. The quantitative estimate of drug-likeness (QED) is 0.800. The van der Waals surface area contributed by atoms with Gasteiger partial charge in [-0.15, -0.1) is 0 Å². The summed E-state index contributed by atoms with van der Waals surface area (Å²) in [5.74, 6) is 0.475. The molecule has 0 aliphatic heterocycles. The highest BCUT2D eigenvalue weighted by atomic mass is 19.1. The van der Waals surface area contributed by atoms with E-state index in [0.29, 0.717) is 11.5 Å². The summed E-state index contributed by atoms with van der Waals surface area (Å²) >= 11 is 0. The molecule has 0 unspecified atom stereocenters. The molecule has 0 bridgehead atoms. The number of hydrogen-bond donors (Lipinski definition) is 1. The highest BCUT2D eigenvalue weighted by Crippen LogP contribution is 2.33. The number of carbonyl (C=O) groups excluding carboxylic acids is 1. The number of imidazole rings is 1. The second kappa shape index (κ2) is 5.19. The monoisotopic (exact) mass is 309 g/mol. The van der Waals surface area contributed by atoms with Gasteiger partial charge in [0.2, 0.25) is 5.91 Å². The van der Waals surface area contributed by atoms with Crippen LogP contribution in [0.5, 0.6) is 0 Å². The lowest BCUT2D eigenvalue weighted by atomic mass is 10.1. The molecule has 2 heterocycles. The van der Waals surface area contributed by atoms with Crippen LogP contribution in [0.3, 0.4) is 0 Å². The number of pyridine rings is 1. The van der Waals surface area contributed by atoms with E-state index in [4.69, 9.17) is 0 Å². The molecule has 1 aromatic carbocycles. The molecule has 0 radical (unpaired) electrons. The van der Waals surface area contributed by atoms with Crippen LogP contribution in [0.1, 0.15) is 18.4 Å². The second-order valence-electron chi connectivity index (χ2n) is 6.01. The van der Waals surface area contributed by atoms with E-state index in [2.05, 4.69) is 10.3 Å². The minimum absolute atomic E-state index is 0.0238. The molecule has 5 heteroatoms. The maximum absolute atomic E-state index is 13.2. The zero-order valence-corrected chi connectivity index (χ0v) is 12.7. The van der Waals surface area contributed by atoms with Gasteiger partial charge in [0.05, 0.1) is 0 Å². The average Bonchev–Trinajstić information content (AvgIpc) is 3.32. The number of fused-ring (bicyclic) bond motifs is 1. The van der Waals surface area contributed by atoms with E-state index in [9.17, 15) is 9.18 Å². The average molecular weight is 309 g/mol. The van der Waals surface area contributed by atoms with Gasteiger partial charge in [-0.05, 0) is 61.7 Å². The summed E-state index contributed by atoms with van der Waals surface area (Å²) in [7, 11) is 0. The standard InChI is InChI=1S/C18H16FN3O/c1-11-8-9-22-15(10-11)20-16(12-4-6-14(19)7-5-12)17(22)21-18(23)13-2-3-13/h4-10,13H,2-3H2,1H3,(H,21,23). The third-order valence-corrected chi connectivity index (χ3v) is 4.09. The van der Waals surface area contributed by atoms with E-state index in [0.717, 1.165) is 29.6 Å². The third kappa shape index (κ3) is 2.59. The van der Waals surface area contributed by atoms with Crippen LogP contribution in [0.25, 0.3) is 16.9 Å². The molecule has 2 aromatic heterocycles. The Labute approximate surface area is 133 Å². The summed E-state index contributed by atoms with van der Waals surface area (Å²) in [6.07, 6.45) is 3.77. The van der Waals surface area contributed by atoms with Gasteiger partial charge >= 0.3 is 0 Å². The first kappa shape index (κ1) is 13.9. The fourth-order valence-electron chi connectivity index (χ4n) is 2.64. The zero-order valence-electron chi connectivity index (χ0n) is 12.7. The largest absolute Gasteiger partial charge is 0.310 e. The molecule has 1 N–H and O–H groups in total. The third-order valence-electron chi connectivity index (χ3n) is 4.09. The fourth-order valence-corrected chi connectivity index (χ4v) is 2.64. The topological polar surface area (TPSA) is 46.4 Å². The summed E-state index contributed by atoms with van der Waals surface area (Å²) in [4.78, 5) is 16.8. The van der Waals surface area contributed by atoms with Crippen molar-refractivity contribution >= 4 is 17.4 Å². The van der Waals surface area contributed by atoms with Crippen molar-refractivity contribution in [1.29, 1.82) is 0 Å². The maximum Gasteiger partial charge on any atom is 0.228 e. The molecule has 0 saturated heterocycles. The van der Waals surface area contributed by atoms with Gasteiger partial charge in [-0.2, -0.15) is 0 Å². The number of hydrogen-bond acceptors (Lipinski definition) is 2. The molecular formula is C18H16FN3O. The highest BCUT2D eigenvalue weighted by Gasteiger charge is 2.31. The lowest BCUT2D eigenvalue weighted by Crippen LogP contribution is -2.15. The van der Waals surface area contributed by atoms with Crippen LogP contribution in [-0.2, 0) is 4.79 Å². The summed E-state index contributed by atoms with van der Waals surface area (Å²) in [6.45, 7) is 1.99. The van der Waals surface area contributed by atoms with Crippen molar-refractivity contribution in [3.63, 3.8) is 0 Å². The molecule has 1 saturated carbocycles. The number of aryl methyl sites for hydroxylation is 1. The van der Waals surface area contributed by atoms with E-state index in [1.165, 1.54) is 12.1 Å². The van der Waals surface area contributed by atoms with Crippen molar-refractivity contribution < 1.29 is 9.18 Å². The molecule has 1 fully saturated rings. The Bertz CT molecular complexity index is 895. The van der Waals surface area contributed by atoms with E-state index >= 15 is 0 Å². The first-order chi connectivity index (χ1) is 11.1. The Hall–Kier alpha value is -2.69. The number of benzene rings is 1. The second-order valence-corrected chi connectivity index (χ2v) is 6.01. The highest BCUT2D eigenvalue weighted by molar-refractivity contribution is 5.97. The smallest absolute Gasteiger partial charge is 0.228 e. The van der Waals surface area contributed by atoms with Crippen molar-refractivity contribution in [3.8, 4) is 11.3 Å². The Balaban J connectivity index is 1.86. The lowest BCUT2D eigenvalue weighted by molar-refractivity contribution is -0.117. The summed E-state index contributed by atoms with van der Waals surface area (Å²) in [5.41, 5.74) is 3.28. The lowest BCUT2D eigenvalue weighted by Gasteiger charge is -2.07. The molecule has 1 aliphatic rings. The Morgan fingerprint density at radius 1 is 1.26 bits per heavy atom. The van der Waals surface area contributed by atoms with Crippen molar-refractivity contribution in [2.24, 2.45) is 5.92 Å². The molecule has 3 aromatic rings. The first-order valence-electron chi connectivity index (χ1n) is 7.67. The van der Waals surface area contributed by atoms with Crippen molar-refractivity contribution in [1.82, 2.24) is 9.38 Å². The SMILES string of the molecule is Cc1ccn2c(NC(=O)C3CC3)c(-c3ccc(F)cc3)nc2c1. The number of carbonyl (C=O) groups is 1. The van der Waals surface area contributed by atoms with E-state index in [-0.39, 0.29) is 17.6 Å². The Kier molecular flexibility index (Phi) is 3.15. The van der Waals surface area contributed by atoms with Gasteiger partial charge in [-0.1, -0.05) is 0 Å². The molecule has 1 aliphatic carbocycles. The van der Waals surface area contributed by atoms with Crippen molar-refractivity contribution in [2.75, 3.05) is 5.32 Å². The minimum atomic E-state index is -0.295. The summed E-state index contributed by atoms with van der Waals surface area (Å²) in [5, 5.41) is 3.00. The molecule has 4 nitrogen and oxygen atoms in total. The predicted octanol–water partition coefficient (Wildman–Crippen LogP) is 3.80. The van der Waals surface area contributed by atoms with Gasteiger partial charge in [-0.25, -0.2) is 9.37 Å². The van der Waals surface area contributed by atoms with Crippen LogP contribution in [0.4, 0.5) is 10.2 Å². The summed E-state index contributed by atoms with van der Waals surface area (Å²) in [6, 6.07) is 10.1. The summed E-state index contributed by atoms with van der Waals surface area (Å²) < 4.78 is 15.1. The first-order valence-corrected chi connectivity index (χ1v) is 7.67. The van der Waals surface area contributed by atoms with Gasteiger partial charge in [0.15, 0.2) is 0 Å². The van der Waals surface area contributed by atoms with Gasteiger partial charge in [0, 0.05) is 17.7 Å². The van der Waals surface area contributed by atoms with Crippen LogP contribution in [-0.4, -0.2) is 15.3 Å². The number of nitrogens with zero attached hydrogens (tertiary/aromatic N) is 2. The number of aromatic nitrogens is 2. The van der Waals surface area contributed by atoms with Gasteiger partial charge in [0.25, 0.3) is 0 Å². The van der Waals surface area contributed by atoms with Crippen LogP contribution in [0.15, 0.2) is 42.6 Å².